The molecule has 294 valence electrons. The number of carbonyl (C=O) groups excluding carboxylic acids is 2. The van der Waals surface area contributed by atoms with Gasteiger partial charge in [0.25, 0.3) is 0 Å². The normalized spacial score (nSPS) is 11.6. The van der Waals surface area contributed by atoms with Gasteiger partial charge in [-0.15, -0.1) is 0 Å². The Morgan fingerprint density at radius 1 is 0.655 bits per heavy atom. The molecule has 4 aromatic heterocycles. The zero-order valence-corrected chi connectivity index (χ0v) is 35.7. The van der Waals surface area contributed by atoms with Crippen molar-refractivity contribution in [2.24, 2.45) is 0 Å². The molecule has 0 saturated heterocycles. The predicted octanol–water partition coefficient (Wildman–Crippen LogP) is 4.82. The van der Waals surface area contributed by atoms with Gasteiger partial charge < -0.3 is 51.3 Å². The van der Waals surface area contributed by atoms with Gasteiger partial charge in [0.2, 0.25) is 0 Å². The van der Waals surface area contributed by atoms with E-state index < -0.39 is 11.1 Å². The number of nitrogens with two attached hydrogens (primary N) is 2. The maximum Gasteiger partial charge on any atom is 0.315 e. The van der Waals surface area contributed by atoms with Crippen LogP contribution < -0.4 is 32.7 Å². The number of nitrogen functional groups attached to an aromatic ring is 2. The molecule has 8 N–H and O–H groups in total. The van der Waals surface area contributed by atoms with Crippen molar-refractivity contribution in [1.29, 1.82) is 0 Å². The third-order valence-corrected chi connectivity index (χ3v) is 8.71. The number of carbonyl (C=O) groups is 2. The number of fused-ring (bicyclic) bond motifs is 6. The molecule has 6 rings (SSSR count). The summed E-state index contributed by atoms with van der Waals surface area (Å²) in [5, 5.41) is 13.1. The number of para-hydroxylation sites is 2. The summed E-state index contributed by atoms with van der Waals surface area (Å²) < 4.78 is 15.4. The summed E-state index contributed by atoms with van der Waals surface area (Å²) in [4.78, 5) is 42.0. The molecule has 2 aromatic carbocycles. The van der Waals surface area contributed by atoms with Gasteiger partial charge in [-0.1, -0.05) is 36.4 Å². The van der Waals surface area contributed by atoms with Crippen molar-refractivity contribution in [3.05, 3.63) is 60.2 Å². The van der Waals surface area contributed by atoms with Crippen LogP contribution in [0, 0.1) is 0 Å². The van der Waals surface area contributed by atoms with Crippen LogP contribution in [0.1, 0.15) is 53.2 Å². The molecule has 55 heavy (non-hydrogen) atoms. The summed E-state index contributed by atoms with van der Waals surface area (Å²) in [6.07, 6.45) is 0. The van der Waals surface area contributed by atoms with Gasteiger partial charge in [-0.05, 0) is 53.7 Å². The molecule has 0 bridgehead atoms. The van der Waals surface area contributed by atoms with Crippen molar-refractivity contribution in [1.82, 2.24) is 50.3 Å². The Morgan fingerprint density at radius 2 is 1.02 bits per heavy atom. The number of pyridine rings is 2. The molecule has 17 heteroatoms. The van der Waals surface area contributed by atoms with Crippen molar-refractivity contribution in [2.75, 3.05) is 38.8 Å². The van der Waals surface area contributed by atoms with Crippen LogP contribution >= 0.6 is 0 Å². The molecular formula is C38H52N12O4W. The van der Waals surface area contributed by atoms with E-state index in [2.05, 4.69) is 40.4 Å². The van der Waals surface area contributed by atoms with Gasteiger partial charge in [0.15, 0.2) is 11.6 Å². The van der Waals surface area contributed by atoms with E-state index in [1.54, 1.807) is 14.1 Å². The molecule has 0 unspecified atom stereocenters. The number of nitrogens with one attached hydrogen (secondary N) is 4. The van der Waals surface area contributed by atoms with Crippen LogP contribution in [0.25, 0.3) is 43.9 Å². The monoisotopic (exact) mass is 924 g/mol. The molecule has 4 amide bonds. The van der Waals surface area contributed by atoms with E-state index in [0.717, 1.165) is 44.5 Å². The molecule has 0 aliphatic rings. The maximum atomic E-state index is 11.8. The minimum atomic E-state index is -0.520. The number of hydrogen-bond acceptors (Lipinski definition) is 10. The number of aromatic nitrogens is 6. The van der Waals surface area contributed by atoms with Crippen LogP contribution in [0.5, 0.6) is 0 Å². The van der Waals surface area contributed by atoms with Crippen LogP contribution in [0.3, 0.4) is 0 Å². The fourth-order valence-corrected chi connectivity index (χ4v) is 6.37. The first kappa shape index (κ1) is 42.7. The first-order valence-electron chi connectivity index (χ1n) is 17.9. The number of hydrogen-bond donors (Lipinski definition) is 6. The summed E-state index contributed by atoms with van der Waals surface area (Å²) in [6.45, 7) is 14.6. The van der Waals surface area contributed by atoms with E-state index in [1.165, 1.54) is 0 Å². The molecule has 0 atom stereocenters. The molecular weight excluding hydrogens is 872 g/mol. The van der Waals surface area contributed by atoms with E-state index in [9.17, 15) is 9.59 Å². The average molecular weight is 925 g/mol. The second-order valence-electron chi connectivity index (χ2n) is 14.1. The summed E-state index contributed by atoms with van der Waals surface area (Å²) in [5.74, 6) is 2.28. The molecule has 0 aliphatic carbocycles. The van der Waals surface area contributed by atoms with Gasteiger partial charge in [-0.2, -0.15) is 0 Å². The average Bonchev–Trinajstić information content (AvgIpc) is 3.67. The Balaban J connectivity index is 0.000000240. The molecule has 0 radical (unpaired) electrons. The molecule has 16 nitrogen and oxygen atoms in total. The van der Waals surface area contributed by atoms with Gasteiger partial charge in [0.1, 0.15) is 35.9 Å². The van der Waals surface area contributed by atoms with Gasteiger partial charge in [-0.25, -0.2) is 29.5 Å². The number of ether oxygens (including phenoxy) is 2. The first-order valence-corrected chi connectivity index (χ1v) is 17.9. The van der Waals surface area contributed by atoms with E-state index in [4.69, 9.17) is 30.9 Å². The number of rotatable bonds is 12. The van der Waals surface area contributed by atoms with Gasteiger partial charge in [-0.3, -0.25) is 0 Å². The SMILES string of the molecule is CCOCc1nc2c(N)nc3ccccc3c2n1CC(C)(C)NC(=O)NC.CCOCc1nc2c(N)nc3ccccc3c2n1CC(C)(C)NC(=O)NC.[W]. The standard InChI is InChI=1S/2C19H26N6O2.W/c2*1-5-27-10-14-23-15-16(12-8-6-7-9-13(12)22-17(15)20)25(14)11-19(2,3)24-18(26)21-4;/h2*6-9H,5,10-11H2,1-4H3,(H2,20,22)(H2,21,24,26);. The minimum absolute atomic E-state index is 0. The van der Waals surface area contributed by atoms with E-state index in [0.29, 0.717) is 62.2 Å². The first-order chi connectivity index (χ1) is 25.7. The van der Waals surface area contributed by atoms with E-state index in [1.807, 2.05) is 90.1 Å². The van der Waals surface area contributed by atoms with Gasteiger partial charge in [0, 0.05) is 72.2 Å². The van der Waals surface area contributed by atoms with Crippen LogP contribution in [0.4, 0.5) is 21.2 Å². The number of amides is 4. The number of anilines is 2. The van der Waals surface area contributed by atoms with Crippen molar-refractivity contribution < 1.29 is 40.1 Å². The number of benzene rings is 2. The smallest absolute Gasteiger partial charge is 0.315 e. The fourth-order valence-electron chi connectivity index (χ4n) is 6.37. The zero-order chi connectivity index (χ0) is 39.2. The van der Waals surface area contributed by atoms with Crippen molar-refractivity contribution >= 4 is 67.6 Å². The molecule has 6 aromatic rings. The van der Waals surface area contributed by atoms with E-state index >= 15 is 0 Å². The van der Waals surface area contributed by atoms with Crippen LogP contribution in [-0.4, -0.2) is 79.5 Å². The predicted molar refractivity (Wildman–Crippen MR) is 213 cm³/mol. The Morgan fingerprint density at radius 3 is 1.36 bits per heavy atom. The van der Waals surface area contributed by atoms with E-state index in [-0.39, 0.29) is 33.1 Å². The second-order valence-corrected chi connectivity index (χ2v) is 14.1. The Bertz CT molecular complexity index is 2130. The maximum absolute atomic E-state index is 11.8. The third-order valence-electron chi connectivity index (χ3n) is 8.71. The molecule has 4 heterocycles. The summed E-state index contributed by atoms with van der Waals surface area (Å²) in [7, 11) is 3.19. The molecule has 0 saturated carbocycles. The van der Waals surface area contributed by atoms with Crippen molar-refractivity contribution in [3.63, 3.8) is 0 Å². The topological polar surface area (TPSA) is 214 Å². The molecule has 0 spiro atoms. The number of imidazole rings is 2. The fraction of sp³-hybridized carbons (Fsp3) is 0.421. The largest absolute Gasteiger partial charge is 0.382 e. The van der Waals surface area contributed by atoms with Crippen molar-refractivity contribution in [2.45, 2.75) is 78.9 Å². The summed E-state index contributed by atoms with van der Waals surface area (Å²) in [6, 6.07) is 15.2. The number of urea groups is 2. The Labute approximate surface area is 334 Å². The summed E-state index contributed by atoms with van der Waals surface area (Å²) in [5.41, 5.74) is 16.1. The third kappa shape index (κ3) is 9.80. The zero-order valence-electron chi connectivity index (χ0n) is 32.7. The summed E-state index contributed by atoms with van der Waals surface area (Å²) >= 11 is 0. The number of nitrogens with zero attached hydrogens (tertiary/aromatic N) is 6. The quantitative estimate of drug-likeness (QED) is 0.0985. The second kappa shape index (κ2) is 18.1. The van der Waals surface area contributed by atoms with Gasteiger partial charge >= 0.3 is 12.1 Å². The van der Waals surface area contributed by atoms with Crippen LogP contribution in [-0.2, 0) is 56.8 Å². The van der Waals surface area contributed by atoms with Crippen molar-refractivity contribution in [3.8, 4) is 0 Å². The van der Waals surface area contributed by atoms with Crippen LogP contribution in [0.15, 0.2) is 48.5 Å². The molecule has 0 aliphatic heterocycles. The molecule has 0 fully saturated rings. The minimum Gasteiger partial charge on any atom is -0.382 e. The van der Waals surface area contributed by atoms with Crippen LogP contribution in [0.2, 0.25) is 0 Å². The van der Waals surface area contributed by atoms with Gasteiger partial charge in [0.05, 0.1) is 33.1 Å². The Kier molecular flexibility index (Phi) is 14.0. The Hall–Kier alpha value is -5.05.